The second-order valence-electron chi connectivity index (χ2n) is 8.18. The van der Waals surface area contributed by atoms with Crippen molar-refractivity contribution in [1.82, 2.24) is 9.97 Å². The predicted molar refractivity (Wildman–Crippen MR) is 102 cm³/mol. The highest BCUT2D eigenvalue weighted by Crippen LogP contribution is 2.29. The van der Waals surface area contributed by atoms with Gasteiger partial charge in [-0.15, -0.1) is 0 Å². The Balaban J connectivity index is 2.13. The Kier molecular flexibility index (Phi) is 6.61. The number of carbonyl (C=O) groups is 2. The lowest BCUT2D eigenvalue weighted by Crippen LogP contribution is -2.26. The first-order chi connectivity index (χ1) is 13.4. The number of carboxylic acid groups (broad SMARTS) is 1. The summed E-state index contributed by atoms with van der Waals surface area (Å²) in [6, 6.07) is 2.86. The molecule has 29 heavy (non-hydrogen) atoms. The third-order valence-electron chi connectivity index (χ3n) is 3.87. The molecule has 0 amide bonds. The number of benzene rings is 1. The summed E-state index contributed by atoms with van der Waals surface area (Å²) in [5.74, 6) is -1.48. The van der Waals surface area contributed by atoms with Gasteiger partial charge in [0.15, 0.2) is 0 Å². The standard InChI is InChI=1S/C20H25FN2O6/c1-19(2,3)29-18(26)28-7-6-27-16-13-8-12(10-20(4,5)17(24)25)9-14(21)15(13)22-11-23-16/h8-9,11H,6-7,10H2,1-5H3,(H,24,25). The van der Waals surface area contributed by atoms with Crippen LogP contribution in [0.1, 0.15) is 40.2 Å². The average Bonchev–Trinajstić information content (AvgIpc) is 2.57. The predicted octanol–water partition coefficient (Wildman–Crippen LogP) is 3.75. The van der Waals surface area contributed by atoms with Crippen LogP contribution in [-0.2, 0) is 20.7 Å². The molecule has 0 aliphatic rings. The Hall–Kier alpha value is -2.97. The maximum absolute atomic E-state index is 14.5. The van der Waals surface area contributed by atoms with Gasteiger partial charge in [-0.2, -0.15) is 0 Å². The molecule has 0 saturated carbocycles. The summed E-state index contributed by atoms with van der Waals surface area (Å²) >= 11 is 0. The molecular formula is C20H25FN2O6. The summed E-state index contributed by atoms with van der Waals surface area (Å²) in [6.45, 7) is 8.15. The van der Waals surface area contributed by atoms with Gasteiger partial charge in [-0.25, -0.2) is 19.2 Å². The van der Waals surface area contributed by atoms with Gasteiger partial charge >= 0.3 is 12.1 Å². The largest absolute Gasteiger partial charge is 0.508 e. The van der Waals surface area contributed by atoms with Crippen molar-refractivity contribution < 1.29 is 33.3 Å². The third kappa shape index (κ3) is 6.27. The molecule has 0 radical (unpaired) electrons. The summed E-state index contributed by atoms with van der Waals surface area (Å²) in [5, 5.41) is 9.61. The van der Waals surface area contributed by atoms with E-state index < -0.39 is 29.0 Å². The maximum Gasteiger partial charge on any atom is 0.508 e. The summed E-state index contributed by atoms with van der Waals surface area (Å²) in [6.07, 6.45) is 0.458. The molecule has 1 aromatic carbocycles. The number of carboxylic acids is 1. The zero-order valence-corrected chi connectivity index (χ0v) is 17.1. The molecule has 0 saturated heterocycles. The van der Waals surface area contributed by atoms with Crippen molar-refractivity contribution in [1.29, 1.82) is 0 Å². The van der Waals surface area contributed by atoms with Gasteiger partial charge < -0.3 is 19.3 Å². The van der Waals surface area contributed by atoms with Crippen LogP contribution in [0.5, 0.6) is 5.88 Å². The fourth-order valence-corrected chi connectivity index (χ4v) is 2.50. The lowest BCUT2D eigenvalue weighted by Gasteiger charge is -2.19. The number of nitrogens with zero attached hydrogens (tertiary/aromatic N) is 2. The van der Waals surface area contributed by atoms with E-state index in [1.165, 1.54) is 6.07 Å². The van der Waals surface area contributed by atoms with E-state index in [1.807, 2.05) is 0 Å². The lowest BCUT2D eigenvalue weighted by atomic mass is 9.85. The molecule has 158 valence electrons. The van der Waals surface area contributed by atoms with Crippen molar-refractivity contribution in [3.05, 3.63) is 29.8 Å². The Morgan fingerprint density at radius 1 is 1.10 bits per heavy atom. The number of carbonyl (C=O) groups excluding carboxylic acids is 1. The molecule has 0 aliphatic heterocycles. The molecular weight excluding hydrogens is 383 g/mol. The molecule has 2 rings (SSSR count). The van der Waals surface area contributed by atoms with Crippen molar-refractivity contribution in [3.8, 4) is 5.88 Å². The number of halogens is 1. The minimum absolute atomic E-state index is 0.0299. The first kappa shape index (κ1) is 22.3. The molecule has 9 heteroatoms. The smallest absolute Gasteiger partial charge is 0.481 e. The summed E-state index contributed by atoms with van der Waals surface area (Å²) < 4.78 is 29.9. The minimum atomic E-state index is -1.07. The molecule has 0 fully saturated rings. The Morgan fingerprint density at radius 2 is 1.79 bits per heavy atom. The molecule has 0 unspecified atom stereocenters. The van der Waals surface area contributed by atoms with Crippen LogP contribution in [0.4, 0.5) is 9.18 Å². The van der Waals surface area contributed by atoms with Gasteiger partial charge in [0.25, 0.3) is 0 Å². The fourth-order valence-electron chi connectivity index (χ4n) is 2.50. The molecule has 1 heterocycles. The topological polar surface area (TPSA) is 108 Å². The summed E-state index contributed by atoms with van der Waals surface area (Å²) in [7, 11) is 0. The van der Waals surface area contributed by atoms with Crippen LogP contribution >= 0.6 is 0 Å². The van der Waals surface area contributed by atoms with Gasteiger partial charge in [0.05, 0.1) is 10.8 Å². The molecule has 2 aromatic rings. The van der Waals surface area contributed by atoms with E-state index in [4.69, 9.17) is 14.2 Å². The van der Waals surface area contributed by atoms with E-state index in [1.54, 1.807) is 40.7 Å². The van der Waals surface area contributed by atoms with Gasteiger partial charge in [-0.1, -0.05) is 0 Å². The normalized spacial score (nSPS) is 11.9. The summed E-state index contributed by atoms with van der Waals surface area (Å²) in [5.41, 5.74) is -1.21. The van der Waals surface area contributed by atoms with Crippen LogP contribution in [0.15, 0.2) is 18.5 Å². The van der Waals surface area contributed by atoms with Crippen LogP contribution in [-0.4, -0.2) is 46.0 Å². The quantitative estimate of drug-likeness (QED) is 0.545. The van der Waals surface area contributed by atoms with Crippen molar-refractivity contribution in [2.75, 3.05) is 13.2 Å². The molecule has 0 atom stereocenters. The Bertz CT molecular complexity index is 908. The van der Waals surface area contributed by atoms with Crippen LogP contribution in [0.2, 0.25) is 0 Å². The maximum atomic E-state index is 14.5. The second-order valence-corrected chi connectivity index (χ2v) is 8.18. The lowest BCUT2D eigenvalue weighted by molar-refractivity contribution is -0.146. The van der Waals surface area contributed by atoms with Gasteiger partial charge in [0.2, 0.25) is 5.88 Å². The van der Waals surface area contributed by atoms with E-state index in [2.05, 4.69) is 9.97 Å². The second kappa shape index (κ2) is 8.59. The number of hydrogen-bond acceptors (Lipinski definition) is 7. The molecule has 1 N–H and O–H groups in total. The van der Waals surface area contributed by atoms with E-state index >= 15 is 0 Å². The number of ether oxygens (including phenoxy) is 3. The van der Waals surface area contributed by atoms with E-state index in [0.717, 1.165) is 6.33 Å². The SMILES string of the molecule is CC(C)(C)OC(=O)OCCOc1ncnc2c(F)cc(CC(C)(C)C(=O)O)cc12. The Morgan fingerprint density at radius 3 is 2.41 bits per heavy atom. The highest BCUT2D eigenvalue weighted by atomic mass is 19.1. The minimum Gasteiger partial charge on any atom is -0.481 e. The first-order valence-corrected chi connectivity index (χ1v) is 9.04. The highest BCUT2D eigenvalue weighted by molar-refractivity contribution is 5.84. The van der Waals surface area contributed by atoms with Gasteiger partial charge in [0.1, 0.15) is 36.5 Å². The molecule has 0 bridgehead atoms. The first-order valence-electron chi connectivity index (χ1n) is 9.04. The number of fused-ring (bicyclic) bond motifs is 1. The number of rotatable bonds is 7. The fraction of sp³-hybridized carbons (Fsp3) is 0.500. The average molecular weight is 408 g/mol. The van der Waals surface area contributed by atoms with Crippen molar-refractivity contribution >= 4 is 23.0 Å². The van der Waals surface area contributed by atoms with Gasteiger partial charge in [-0.05, 0) is 58.7 Å². The van der Waals surface area contributed by atoms with Gasteiger partial charge in [0, 0.05) is 0 Å². The van der Waals surface area contributed by atoms with Crippen LogP contribution in [0.25, 0.3) is 10.9 Å². The van der Waals surface area contributed by atoms with Crippen molar-refractivity contribution in [3.63, 3.8) is 0 Å². The molecule has 0 spiro atoms. The van der Waals surface area contributed by atoms with E-state index in [9.17, 15) is 19.1 Å². The number of aromatic nitrogens is 2. The van der Waals surface area contributed by atoms with Crippen LogP contribution in [0.3, 0.4) is 0 Å². The molecule has 8 nitrogen and oxygen atoms in total. The number of aliphatic carboxylic acids is 1. The number of hydrogen-bond donors (Lipinski definition) is 1. The molecule has 0 aliphatic carbocycles. The van der Waals surface area contributed by atoms with Crippen molar-refractivity contribution in [2.45, 2.75) is 46.6 Å². The summed E-state index contributed by atoms with van der Waals surface area (Å²) in [4.78, 5) is 30.8. The zero-order valence-electron chi connectivity index (χ0n) is 17.1. The van der Waals surface area contributed by atoms with Crippen LogP contribution in [0, 0.1) is 11.2 Å². The molecule has 1 aromatic heterocycles. The monoisotopic (exact) mass is 408 g/mol. The third-order valence-corrected chi connectivity index (χ3v) is 3.87. The van der Waals surface area contributed by atoms with Gasteiger partial charge in [-0.3, -0.25) is 4.79 Å². The highest BCUT2D eigenvalue weighted by Gasteiger charge is 2.28. The Labute approximate surface area is 168 Å². The van der Waals surface area contributed by atoms with Crippen molar-refractivity contribution in [2.24, 2.45) is 5.41 Å². The van der Waals surface area contributed by atoms with Crippen LogP contribution < -0.4 is 4.74 Å². The zero-order chi connectivity index (χ0) is 21.8. The van der Waals surface area contributed by atoms with E-state index in [0.29, 0.717) is 10.9 Å². The van der Waals surface area contributed by atoms with E-state index in [-0.39, 0.29) is 31.0 Å².